The molecule has 6 nitrogen and oxygen atoms in total. The highest BCUT2D eigenvalue weighted by Gasteiger charge is 2.15. The summed E-state index contributed by atoms with van der Waals surface area (Å²) in [5.41, 5.74) is -0.192. The lowest BCUT2D eigenvalue weighted by Crippen LogP contribution is -2.12. The van der Waals surface area contributed by atoms with Crippen LogP contribution in [-0.2, 0) is 0 Å². The van der Waals surface area contributed by atoms with Crippen molar-refractivity contribution in [2.75, 3.05) is 0 Å². The highest BCUT2D eigenvalue weighted by Crippen LogP contribution is 2.25. The normalized spacial score (nSPS) is 11.2. The molecule has 2 aromatic heterocycles. The minimum Gasteiger partial charge on any atom is -0.477 e. The summed E-state index contributed by atoms with van der Waals surface area (Å²) in [4.78, 5) is 26.5. The lowest BCUT2D eigenvalue weighted by molar-refractivity contribution is 0.0692. The SMILES string of the molecule is Cc1nc2ccc3cc(C(=O)O)c(=O)oc3c2o1. The van der Waals surface area contributed by atoms with E-state index in [1.54, 1.807) is 19.1 Å². The Morgan fingerprint density at radius 1 is 1.28 bits per heavy atom. The van der Waals surface area contributed by atoms with Gasteiger partial charge in [-0.2, -0.15) is 0 Å². The second-order valence-corrected chi connectivity index (χ2v) is 3.82. The molecule has 0 aliphatic carbocycles. The summed E-state index contributed by atoms with van der Waals surface area (Å²) in [5.74, 6) is -0.873. The number of benzene rings is 1. The molecule has 1 N–H and O–H groups in total. The second-order valence-electron chi connectivity index (χ2n) is 3.82. The van der Waals surface area contributed by atoms with Crippen LogP contribution in [0.5, 0.6) is 0 Å². The monoisotopic (exact) mass is 245 g/mol. The van der Waals surface area contributed by atoms with E-state index in [0.29, 0.717) is 22.4 Å². The van der Waals surface area contributed by atoms with Gasteiger partial charge in [-0.05, 0) is 18.2 Å². The molecule has 0 unspecified atom stereocenters. The highest BCUT2D eigenvalue weighted by atomic mass is 16.4. The number of carboxylic acids is 1. The van der Waals surface area contributed by atoms with E-state index < -0.39 is 17.2 Å². The van der Waals surface area contributed by atoms with Crippen LogP contribution in [-0.4, -0.2) is 16.1 Å². The zero-order valence-corrected chi connectivity index (χ0v) is 9.26. The van der Waals surface area contributed by atoms with Gasteiger partial charge in [-0.25, -0.2) is 14.6 Å². The Balaban J connectivity index is 2.49. The minimum absolute atomic E-state index is 0.211. The van der Waals surface area contributed by atoms with Gasteiger partial charge < -0.3 is 13.9 Å². The fourth-order valence-electron chi connectivity index (χ4n) is 1.82. The lowest BCUT2D eigenvalue weighted by Gasteiger charge is -1.98. The summed E-state index contributed by atoms with van der Waals surface area (Å²) in [6.07, 6.45) is 0. The number of hydrogen-bond donors (Lipinski definition) is 1. The van der Waals surface area contributed by atoms with Gasteiger partial charge in [0.1, 0.15) is 11.1 Å². The van der Waals surface area contributed by atoms with Gasteiger partial charge in [-0.15, -0.1) is 0 Å². The number of nitrogens with zero attached hydrogens (tertiary/aromatic N) is 1. The van der Waals surface area contributed by atoms with E-state index in [0.717, 1.165) is 0 Å². The zero-order valence-electron chi connectivity index (χ0n) is 9.26. The van der Waals surface area contributed by atoms with Crippen LogP contribution in [0.4, 0.5) is 0 Å². The number of hydrogen-bond acceptors (Lipinski definition) is 5. The predicted molar refractivity (Wildman–Crippen MR) is 61.7 cm³/mol. The first-order valence-corrected chi connectivity index (χ1v) is 5.13. The maximum absolute atomic E-state index is 11.5. The zero-order chi connectivity index (χ0) is 12.9. The van der Waals surface area contributed by atoms with Crippen molar-refractivity contribution in [3.8, 4) is 0 Å². The third-order valence-corrected chi connectivity index (χ3v) is 2.59. The molecule has 1 aromatic carbocycles. The molecule has 0 fully saturated rings. The fraction of sp³-hybridized carbons (Fsp3) is 0.0833. The molecule has 18 heavy (non-hydrogen) atoms. The van der Waals surface area contributed by atoms with Crippen molar-refractivity contribution in [3.63, 3.8) is 0 Å². The Morgan fingerprint density at radius 3 is 2.78 bits per heavy atom. The first-order valence-electron chi connectivity index (χ1n) is 5.13. The average Bonchev–Trinajstić information content (AvgIpc) is 2.69. The van der Waals surface area contributed by atoms with Crippen LogP contribution < -0.4 is 5.63 Å². The minimum atomic E-state index is -1.32. The van der Waals surface area contributed by atoms with E-state index in [1.165, 1.54) is 6.07 Å². The maximum Gasteiger partial charge on any atom is 0.351 e. The Kier molecular flexibility index (Phi) is 2.00. The van der Waals surface area contributed by atoms with Crippen molar-refractivity contribution >= 4 is 28.0 Å². The molecule has 3 aromatic rings. The summed E-state index contributed by atoms with van der Waals surface area (Å²) in [6, 6.07) is 4.58. The number of aromatic carboxylic acids is 1. The fourth-order valence-corrected chi connectivity index (χ4v) is 1.82. The van der Waals surface area contributed by atoms with E-state index in [9.17, 15) is 9.59 Å². The first-order chi connectivity index (χ1) is 8.56. The molecule has 0 radical (unpaired) electrons. The number of carbonyl (C=O) groups is 1. The number of oxazole rings is 1. The molecule has 3 rings (SSSR count). The topological polar surface area (TPSA) is 93.5 Å². The molecule has 0 amide bonds. The third kappa shape index (κ3) is 1.39. The number of aromatic nitrogens is 1. The Morgan fingerprint density at radius 2 is 2.06 bits per heavy atom. The number of rotatable bonds is 1. The molecule has 2 heterocycles. The molecule has 0 aliphatic rings. The molecule has 0 aliphatic heterocycles. The number of carboxylic acid groups (broad SMARTS) is 1. The molecular formula is C12H7NO5. The molecular weight excluding hydrogens is 238 g/mol. The van der Waals surface area contributed by atoms with Crippen molar-refractivity contribution in [1.82, 2.24) is 4.98 Å². The van der Waals surface area contributed by atoms with Gasteiger partial charge in [0.25, 0.3) is 0 Å². The summed E-state index contributed by atoms with van der Waals surface area (Å²) in [6.45, 7) is 1.68. The number of aryl methyl sites for hydroxylation is 1. The van der Waals surface area contributed by atoms with Gasteiger partial charge in [-0.3, -0.25) is 0 Å². The molecule has 6 heteroatoms. The van der Waals surface area contributed by atoms with Crippen molar-refractivity contribution in [2.45, 2.75) is 6.92 Å². The van der Waals surface area contributed by atoms with Crippen molar-refractivity contribution < 1.29 is 18.7 Å². The lowest BCUT2D eigenvalue weighted by atomic mass is 10.1. The van der Waals surface area contributed by atoms with Gasteiger partial charge >= 0.3 is 11.6 Å². The average molecular weight is 245 g/mol. The molecule has 0 atom stereocenters. The Hall–Kier alpha value is -2.63. The summed E-state index contributed by atoms with van der Waals surface area (Å²) < 4.78 is 10.4. The highest BCUT2D eigenvalue weighted by molar-refractivity contribution is 6.01. The molecule has 0 spiro atoms. The summed E-state index contributed by atoms with van der Waals surface area (Å²) in [5, 5.41) is 9.33. The van der Waals surface area contributed by atoms with Crippen LogP contribution in [0, 0.1) is 6.92 Å². The van der Waals surface area contributed by atoms with E-state index >= 15 is 0 Å². The van der Waals surface area contributed by atoms with Crippen molar-refractivity contribution in [1.29, 1.82) is 0 Å². The summed E-state index contributed by atoms with van der Waals surface area (Å²) >= 11 is 0. The standard InChI is InChI=1S/C12H7NO5/c1-5-13-8-3-2-6-4-7(11(14)15)12(16)18-9(6)10(8)17-5/h2-4H,1H3,(H,14,15). The second kappa shape index (κ2) is 3.43. The van der Waals surface area contributed by atoms with Crippen molar-refractivity contribution in [2.24, 2.45) is 0 Å². The van der Waals surface area contributed by atoms with Crippen LogP contribution in [0.3, 0.4) is 0 Å². The number of fused-ring (bicyclic) bond motifs is 3. The Labute approximate surface area is 99.5 Å². The molecule has 0 saturated carbocycles. The van der Waals surface area contributed by atoms with E-state index in [-0.39, 0.29) is 5.58 Å². The van der Waals surface area contributed by atoms with Gasteiger partial charge in [0.05, 0.1) is 0 Å². The van der Waals surface area contributed by atoms with E-state index in [1.807, 2.05) is 0 Å². The molecule has 0 bridgehead atoms. The van der Waals surface area contributed by atoms with Crippen molar-refractivity contribution in [3.05, 3.63) is 40.1 Å². The predicted octanol–water partition coefficient (Wildman–Crippen LogP) is 1.94. The quantitative estimate of drug-likeness (QED) is 0.658. The third-order valence-electron chi connectivity index (χ3n) is 2.59. The first kappa shape index (κ1) is 10.5. The van der Waals surface area contributed by atoms with Crippen LogP contribution in [0.25, 0.3) is 22.1 Å². The molecule has 90 valence electrons. The molecule has 0 saturated heterocycles. The van der Waals surface area contributed by atoms with Gasteiger partial charge in [0, 0.05) is 12.3 Å². The van der Waals surface area contributed by atoms with Crippen LogP contribution in [0.1, 0.15) is 16.2 Å². The van der Waals surface area contributed by atoms with E-state index in [2.05, 4.69) is 4.98 Å². The van der Waals surface area contributed by atoms with E-state index in [4.69, 9.17) is 13.9 Å². The van der Waals surface area contributed by atoms with Gasteiger partial charge in [0.2, 0.25) is 0 Å². The smallest absolute Gasteiger partial charge is 0.351 e. The van der Waals surface area contributed by atoms with Crippen LogP contribution >= 0.6 is 0 Å². The van der Waals surface area contributed by atoms with Crippen LogP contribution in [0.2, 0.25) is 0 Å². The van der Waals surface area contributed by atoms with Gasteiger partial charge in [0.15, 0.2) is 17.1 Å². The van der Waals surface area contributed by atoms with Gasteiger partial charge in [-0.1, -0.05) is 0 Å². The maximum atomic E-state index is 11.5. The Bertz CT molecular complexity index is 843. The summed E-state index contributed by atoms with van der Waals surface area (Å²) in [7, 11) is 0. The largest absolute Gasteiger partial charge is 0.477 e. The van der Waals surface area contributed by atoms with Crippen LogP contribution in [0.15, 0.2) is 31.8 Å².